The number of nitrogens with one attached hydrogen (secondary N) is 1. The van der Waals surface area contributed by atoms with Gasteiger partial charge in [-0.1, -0.05) is 18.2 Å². The molecule has 1 amide bonds. The lowest BCUT2D eigenvalue weighted by Crippen LogP contribution is -2.47. The van der Waals surface area contributed by atoms with Crippen LogP contribution in [0.5, 0.6) is 0 Å². The number of rotatable bonds is 4. The highest BCUT2D eigenvalue weighted by atomic mass is 16.5. The van der Waals surface area contributed by atoms with Gasteiger partial charge in [0.1, 0.15) is 6.04 Å². The van der Waals surface area contributed by atoms with Crippen LogP contribution in [0.1, 0.15) is 68.2 Å². The lowest BCUT2D eigenvalue weighted by molar-refractivity contribution is -0.158. The molecule has 2 aromatic heterocycles. The predicted molar refractivity (Wildman–Crippen MR) is 132 cm³/mol. The molecule has 184 valence electrons. The van der Waals surface area contributed by atoms with Crippen LogP contribution in [0.2, 0.25) is 0 Å². The largest absolute Gasteiger partial charge is 0.465 e. The van der Waals surface area contributed by atoms with E-state index in [1.165, 1.54) is 4.90 Å². The standard InChI is InChI=1S/C27H32N4O4/c1-17-8-7-10-22(30-17)19-12-15-31(26(33)34)23(24(19)35-25(32)27(2,3)4)20-16-28-14-11-18(20)21-9-5-6-13-29-21/h6-8,10-14,16,21,23-24,29H,5,9,15H2,1-4H3,(H,33,34)/t21?,23?,24-/m1/s1. The molecule has 8 heteroatoms. The highest BCUT2D eigenvalue weighted by Gasteiger charge is 2.43. The molecule has 2 unspecified atom stereocenters. The second kappa shape index (κ2) is 9.90. The Labute approximate surface area is 205 Å². The summed E-state index contributed by atoms with van der Waals surface area (Å²) in [5, 5.41) is 13.6. The molecule has 2 aromatic rings. The molecule has 3 atom stereocenters. The van der Waals surface area contributed by atoms with Crippen LogP contribution in [0, 0.1) is 12.3 Å². The van der Waals surface area contributed by atoms with Crippen molar-refractivity contribution in [3.8, 4) is 0 Å². The maximum absolute atomic E-state index is 13.1. The number of esters is 1. The van der Waals surface area contributed by atoms with Gasteiger partial charge in [-0.3, -0.25) is 19.7 Å². The monoisotopic (exact) mass is 476 g/mol. The van der Waals surface area contributed by atoms with Crippen LogP contribution in [-0.4, -0.2) is 44.7 Å². The molecule has 4 rings (SSSR count). The molecule has 0 aliphatic carbocycles. The van der Waals surface area contributed by atoms with Crippen molar-refractivity contribution in [2.24, 2.45) is 5.41 Å². The molecule has 0 spiro atoms. The minimum Gasteiger partial charge on any atom is -0.465 e. The Bertz CT molecular complexity index is 1170. The third-order valence-electron chi connectivity index (χ3n) is 6.33. The molecule has 2 aliphatic rings. The summed E-state index contributed by atoms with van der Waals surface area (Å²) in [6.07, 6.45) is 8.99. The Hall–Kier alpha value is -3.68. The number of ether oxygens (including phenoxy) is 1. The van der Waals surface area contributed by atoms with Gasteiger partial charge >= 0.3 is 12.1 Å². The summed E-state index contributed by atoms with van der Waals surface area (Å²) in [5.41, 5.74) is 3.07. The molecule has 0 saturated heterocycles. The number of hydrogen-bond donors (Lipinski definition) is 2. The fraction of sp³-hybridized carbons (Fsp3) is 0.407. The highest BCUT2D eigenvalue weighted by molar-refractivity contribution is 5.80. The molecule has 0 aromatic carbocycles. The van der Waals surface area contributed by atoms with E-state index in [-0.39, 0.29) is 12.6 Å². The molecular formula is C27H32N4O4. The normalized spacial score (nSPS) is 22.2. The lowest BCUT2D eigenvalue weighted by atomic mass is 9.84. The van der Waals surface area contributed by atoms with Gasteiger partial charge in [0.25, 0.3) is 0 Å². The maximum atomic E-state index is 13.1. The fourth-order valence-corrected chi connectivity index (χ4v) is 4.50. The summed E-state index contributed by atoms with van der Waals surface area (Å²) < 4.78 is 6.14. The first-order valence-corrected chi connectivity index (χ1v) is 11.9. The minimum absolute atomic E-state index is 0.000867. The molecule has 0 radical (unpaired) electrons. The highest BCUT2D eigenvalue weighted by Crippen LogP contribution is 2.41. The van der Waals surface area contributed by atoms with E-state index in [0.29, 0.717) is 16.8 Å². The van der Waals surface area contributed by atoms with E-state index in [2.05, 4.69) is 21.4 Å². The maximum Gasteiger partial charge on any atom is 0.408 e. The first-order valence-electron chi connectivity index (χ1n) is 11.9. The van der Waals surface area contributed by atoms with E-state index < -0.39 is 29.6 Å². The third kappa shape index (κ3) is 5.21. The first-order chi connectivity index (χ1) is 16.7. The van der Waals surface area contributed by atoms with Crippen LogP contribution in [0.3, 0.4) is 0 Å². The Kier molecular flexibility index (Phi) is 6.91. The topological polar surface area (TPSA) is 105 Å². The molecule has 35 heavy (non-hydrogen) atoms. The van der Waals surface area contributed by atoms with Gasteiger partial charge in [-0.25, -0.2) is 4.79 Å². The van der Waals surface area contributed by atoms with Crippen LogP contribution in [0.4, 0.5) is 4.79 Å². The molecule has 0 saturated carbocycles. The molecular weight excluding hydrogens is 444 g/mol. The molecule has 2 N–H and O–H groups in total. The van der Waals surface area contributed by atoms with Gasteiger partial charge in [0.15, 0.2) is 6.10 Å². The number of nitrogens with zero attached hydrogens (tertiary/aromatic N) is 3. The quantitative estimate of drug-likeness (QED) is 0.611. The number of carboxylic acid groups (broad SMARTS) is 1. The predicted octanol–water partition coefficient (Wildman–Crippen LogP) is 4.80. The summed E-state index contributed by atoms with van der Waals surface area (Å²) in [5.74, 6) is -0.414. The second-order valence-corrected chi connectivity index (χ2v) is 9.98. The second-order valence-electron chi connectivity index (χ2n) is 9.98. The number of carbonyl (C=O) groups excluding carboxylic acids is 1. The van der Waals surface area contributed by atoms with E-state index in [1.807, 2.05) is 37.4 Å². The summed E-state index contributed by atoms with van der Waals surface area (Å²) in [6.45, 7) is 7.38. The van der Waals surface area contributed by atoms with Gasteiger partial charge in [-0.2, -0.15) is 0 Å². The van der Waals surface area contributed by atoms with Crippen LogP contribution in [0.15, 0.2) is 55.0 Å². The van der Waals surface area contributed by atoms with Gasteiger partial charge < -0.3 is 15.2 Å². The third-order valence-corrected chi connectivity index (χ3v) is 6.33. The van der Waals surface area contributed by atoms with Crippen molar-refractivity contribution in [1.29, 1.82) is 0 Å². The van der Waals surface area contributed by atoms with Crippen molar-refractivity contribution in [2.45, 2.75) is 58.7 Å². The number of aromatic nitrogens is 2. The fourth-order valence-electron chi connectivity index (χ4n) is 4.50. The van der Waals surface area contributed by atoms with Gasteiger partial charge in [-0.15, -0.1) is 0 Å². The van der Waals surface area contributed by atoms with E-state index in [4.69, 9.17) is 4.74 Å². The van der Waals surface area contributed by atoms with Crippen molar-refractivity contribution in [2.75, 3.05) is 6.54 Å². The molecule has 2 aliphatic heterocycles. The number of aryl methyl sites for hydroxylation is 1. The van der Waals surface area contributed by atoms with Crippen molar-refractivity contribution in [1.82, 2.24) is 20.2 Å². The Morgan fingerprint density at radius 2 is 2.00 bits per heavy atom. The van der Waals surface area contributed by atoms with Gasteiger partial charge in [0, 0.05) is 35.8 Å². The summed E-state index contributed by atoms with van der Waals surface area (Å²) >= 11 is 0. The van der Waals surface area contributed by atoms with Crippen LogP contribution >= 0.6 is 0 Å². The minimum atomic E-state index is -1.09. The summed E-state index contributed by atoms with van der Waals surface area (Å²) in [4.78, 5) is 35.9. The van der Waals surface area contributed by atoms with Gasteiger partial charge in [0.2, 0.25) is 0 Å². The summed E-state index contributed by atoms with van der Waals surface area (Å²) in [7, 11) is 0. The smallest absolute Gasteiger partial charge is 0.408 e. The molecule has 8 nitrogen and oxygen atoms in total. The first kappa shape index (κ1) is 24.4. The number of allylic oxidation sites excluding steroid dienone is 1. The zero-order valence-electron chi connectivity index (χ0n) is 20.6. The average molecular weight is 477 g/mol. The number of carbonyl (C=O) groups is 2. The number of amides is 1. The SMILES string of the molecule is Cc1cccc(C2=CCN(C(=O)O)C(c3cnccc3C3CCC=CN3)[C@@H]2OC(=O)C(C)(C)C)n1. The Morgan fingerprint density at radius 1 is 1.20 bits per heavy atom. The van der Waals surface area contributed by atoms with Gasteiger partial charge in [0.05, 0.1) is 17.2 Å². The van der Waals surface area contributed by atoms with E-state index in [1.54, 1.807) is 39.2 Å². The van der Waals surface area contributed by atoms with Gasteiger partial charge in [-0.05, 0) is 70.5 Å². The molecule has 0 bridgehead atoms. The van der Waals surface area contributed by atoms with E-state index >= 15 is 0 Å². The van der Waals surface area contributed by atoms with E-state index in [9.17, 15) is 14.7 Å². The lowest BCUT2D eigenvalue weighted by Gasteiger charge is -2.41. The Balaban J connectivity index is 1.88. The molecule has 0 fully saturated rings. The summed E-state index contributed by atoms with van der Waals surface area (Å²) in [6, 6.07) is 6.79. The van der Waals surface area contributed by atoms with Crippen LogP contribution in [0.25, 0.3) is 5.57 Å². The van der Waals surface area contributed by atoms with Crippen molar-refractivity contribution in [3.05, 3.63) is 77.5 Å². The Morgan fingerprint density at radius 3 is 2.66 bits per heavy atom. The van der Waals surface area contributed by atoms with Crippen molar-refractivity contribution < 1.29 is 19.4 Å². The number of hydrogen-bond acceptors (Lipinski definition) is 6. The van der Waals surface area contributed by atoms with E-state index in [0.717, 1.165) is 24.1 Å². The van der Waals surface area contributed by atoms with Crippen molar-refractivity contribution in [3.63, 3.8) is 0 Å². The molecule has 4 heterocycles. The average Bonchev–Trinajstić information content (AvgIpc) is 2.83. The van der Waals surface area contributed by atoms with Crippen LogP contribution < -0.4 is 5.32 Å². The van der Waals surface area contributed by atoms with Crippen molar-refractivity contribution >= 4 is 17.6 Å². The number of pyridine rings is 2. The zero-order chi connectivity index (χ0) is 25.2. The zero-order valence-corrected chi connectivity index (χ0v) is 20.6. The van der Waals surface area contributed by atoms with Crippen LogP contribution in [-0.2, 0) is 9.53 Å².